The smallest absolute Gasteiger partial charge is 0.320 e. The Morgan fingerprint density at radius 1 is 1.25 bits per heavy atom. The van der Waals surface area contributed by atoms with Crippen molar-refractivity contribution in [2.24, 2.45) is 11.7 Å². The molecule has 0 aromatic heterocycles. The SMILES string of the molecule is CC(=O)OCc1ccccc1.CC(C)CC(N)C(=O)O. The zero-order chi connectivity index (χ0) is 15.5. The maximum atomic E-state index is 10.4. The lowest BCUT2D eigenvalue weighted by molar-refractivity contribution is -0.142. The number of hydrogen-bond acceptors (Lipinski definition) is 4. The normalized spacial score (nSPS) is 11.2. The number of carboxylic acid groups (broad SMARTS) is 1. The van der Waals surface area contributed by atoms with Crippen LogP contribution in [0.25, 0.3) is 0 Å². The third kappa shape index (κ3) is 10.1. The number of hydrogen-bond donors (Lipinski definition) is 2. The number of carbonyl (C=O) groups is 2. The molecule has 1 aromatic carbocycles. The summed E-state index contributed by atoms with van der Waals surface area (Å²) in [5.74, 6) is -0.798. The van der Waals surface area contributed by atoms with Crippen LogP contribution in [-0.4, -0.2) is 23.1 Å². The van der Waals surface area contributed by atoms with E-state index in [-0.39, 0.29) is 5.97 Å². The molecule has 112 valence electrons. The lowest BCUT2D eigenvalue weighted by Gasteiger charge is -2.07. The maximum Gasteiger partial charge on any atom is 0.320 e. The lowest BCUT2D eigenvalue weighted by atomic mass is 10.1. The lowest BCUT2D eigenvalue weighted by Crippen LogP contribution is -2.31. The molecule has 0 saturated carbocycles. The molecule has 1 rings (SSSR count). The Balaban J connectivity index is 0.000000370. The van der Waals surface area contributed by atoms with Crippen molar-refractivity contribution in [2.75, 3.05) is 0 Å². The third-order valence-corrected chi connectivity index (χ3v) is 2.33. The molecule has 0 aliphatic heterocycles. The van der Waals surface area contributed by atoms with E-state index in [1.807, 2.05) is 44.2 Å². The van der Waals surface area contributed by atoms with Crippen LogP contribution in [0.5, 0.6) is 0 Å². The van der Waals surface area contributed by atoms with Gasteiger partial charge in [0.1, 0.15) is 12.6 Å². The Labute approximate surface area is 119 Å². The summed E-state index contributed by atoms with van der Waals surface area (Å²) < 4.78 is 4.79. The number of rotatable bonds is 5. The first-order chi connectivity index (χ1) is 9.32. The molecule has 1 atom stereocenters. The van der Waals surface area contributed by atoms with Gasteiger partial charge in [-0.25, -0.2) is 0 Å². The first-order valence-corrected chi connectivity index (χ1v) is 6.48. The fourth-order valence-corrected chi connectivity index (χ4v) is 1.37. The summed E-state index contributed by atoms with van der Waals surface area (Å²) in [6.45, 7) is 5.67. The van der Waals surface area contributed by atoms with Crippen LogP contribution in [0.3, 0.4) is 0 Å². The van der Waals surface area contributed by atoms with E-state index in [0.29, 0.717) is 18.9 Å². The van der Waals surface area contributed by atoms with Crippen LogP contribution >= 0.6 is 0 Å². The summed E-state index contributed by atoms with van der Waals surface area (Å²) in [7, 11) is 0. The van der Waals surface area contributed by atoms with Gasteiger partial charge < -0.3 is 15.6 Å². The van der Waals surface area contributed by atoms with Gasteiger partial charge in [0.25, 0.3) is 0 Å². The van der Waals surface area contributed by atoms with Crippen LogP contribution in [-0.2, 0) is 20.9 Å². The van der Waals surface area contributed by atoms with Gasteiger partial charge >= 0.3 is 11.9 Å². The molecule has 0 aliphatic rings. The molecule has 0 saturated heterocycles. The van der Waals surface area contributed by atoms with Crippen LogP contribution in [0, 0.1) is 5.92 Å². The molecule has 1 unspecified atom stereocenters. The monoisotopic (exact) mass is 281 g/mol. The molecule has 0 fully saturated rings. The van der Waals surface area contributed by atoms with Crippen LogP contribution in [0.2, 0.25) is 0 Å². The molecule has 0 radical (unpaired) electrons. The van der Waals surface area contributed by atoms with E-state index in [1.54, 1.807) is 0 Å². The molecule has 0 bridgehead atoms. The summed E-state index contributed by atoms with van der Waals surface area (Å²) in [4.78, 5) is 20.5. The van der Waals surface area contributed by atoms with Crippen molar-refractivity contribution in [3.05, 3.63) is 35.9 Å². The Hall–Kier alpha value is -1.88. The third-order valence-electron chi connectivity index (χ3n) is 2.33. The maximum absolute atomic E-state index is 10.4. The number of nitrogens with two attached hydrogens (primary N) is 1. The Morgan fingerprint density at radius 2 is 1.80 bits per heavy atom. The first kappa shape index (κ1) is 18.1. The minimum Gasteiger partial charge on any atom is -0.480 e. The fourth-order valence-electron chi connectivity index (χ4n) is 1.37. The summed E-state index contributed by atoms with van der Waals surface area (Å²) in [6, 6.07) is 8.91. The highest BCUT2D eigenvalue weighted by atomic mass is 16.5. The van der Waals surface area contributed by atoms with E-state index in [1.165, 1.54) is 6.92 Å². The van der Waals surface area contributed by atoms with Gasteiger partial charge in [-0.2, -0.15) is 0 Å². The van der Waals surface area contributed by atoms with Gasteiger partial charge in [-0.15, -0.1) is 0 Å². The number of carbonyl (C=O) groups excluding carboxylic acids is 1. The molecule has 0 spiro atoms. The highest BCUT2D eigenvalue weighted by molar-refractivity contribution is 5.72. The molecule has 20 heavy (non-hydrogen) atoms. The quantitative estimate of drug-likeness (QED) is 0.807. The van der Waals surface area contributed by atoms with E-state index in [9.17, 15) is 9.59 Å². The molecule has 5 nitrogen and oxygen atoms in total. The second kappa shape index (κ2) is 9.97. The van der Waals surface area contributed by atoms with Gasteiger partial charge in [-0.1, -0.05) is 44.2 Å². The zero-order valence-electron chi connectivity index (χ0n) is 12.2. The molecule has 1 aromatic rings. The van der Waals surface area contributed by atoms with Crippen molar-refractivity contribution in [3.63, 3.8) is 0 Å². The van der Waals surface area contributed by atoms with Crippen LogP contribution in [0.1, 0.15) is 32.8 Å². The minimum atomic E-state index is -0.913. The van der Waals surface area contributed by atoms with Crippen molar-refractivity contribution in [2.45, 2.75) is 39.8 Å². The predicted octanol–water partition coefficient (Wildman–Crippen LogP) is 2.19. The Bertz CT molecular complexity index is 404. The van der Waals surface area contributed by atoms with Crippen molar-refractivity contribution in [1.29, 1.82) is 0 Å². The largest absolute Gasteiger partial charge is 0.480 e. The number of benzene rings is 1. The number of esters is 1. The van der Waals surface area contributed by atoms with Gasteiger partial charge in [-0.05, 0) is 17.9 Å². The minimum absolute atomic E-state index is 0.242. The molecule has 0 amide bonds. The number of carboxylic acids is 1. The van der Waals surface area contributed by atoms with E-state index in [0.717, 1.165) is 5.56 Å². The van der Waals surface area contributed by atoms with Crippen molar-refractivity contribution < 1.29 is 19.4 Å². The van der Waals surface area contributed by atoms with Crippen molar-refractivity contribution in [3.8, 4) is 0 Å². The average Bonchev–Trinajstić information content (AvgIpc) is 2.37. The van der Waals surface area contributed by atoms with Gasteiger partial charge in [-0.3, -0.25) is 9.59 Å². The van der Waals surface area contributed by atoms with Crippen molar-refractivity contribution in [1.82, 2.24) is 0 Å². The molecule has 0 aliphatic carbocycles. The van der Waals surface area contributed by atoms with Crippen molar-refractivity contribution >= 4 is 11.9 Å². The fraction of sp³-hybridized carbons (Fsp3) is 0.467. The zero-order valence-corrected chi connectivity index (χ0v) is 12.2. The standard InChI is InChI=1S/C9H10O2.C6H13NO2/c1-8(10)11-7-9-5-3-2-4-6-9;1-4(2)3-5(7)6(8)9/h2-6H,7H2,1H3;4-5H,3,7H2,1-2H3,(H,8,9). The van der Waals surface area contributed by atoms with Gasteiger partial charge in [0.15, 0.2) is 0 Å². The second-order valence-corrected chi connectivity index (χ2v) is 4.84. The Morgan fingerprint density at radius 3 is 2.15 bits per heavy atom. The van der Waals surface area contributed by atoms with Crippen LogP contribution < -0.4 is 5.73 Å². The second-order valence-electron chi connectivity index (χ2n) is 4.84. The number of ether oxygens (including phenoxy) is 1. The van der Waals surface area contributed by atoms with E-state index in [4.69, 9.17) is 15.6 Å². The Kier molecular flexibility index (Phi) is 9.04. The van der Waals surface area contributed by atoms with Gasteiger partial charge in [0.2, 0.25) is 0 Å². The van der Waals surface area contributed by atoms with E-state index >= 15 is 0 Å². The summed E-state index contributed by atoms with van der Waals surface area (Å²) in [5, 5.41) is 8.31. The summed E-state index contributed by atoms with van der Waals surface area (Å²) in [5.41, 5.74) is 6.23. The molecule has 5 heteroatoms. The van der Waals surface area contributed by atoms with Gasteiger partial charge in [0.05, 0.1) is 0 Å². The summed E-state index contributed by atoms with van der Waals surface area (Å²) in [6.07, 6.45) is 0.551. The highest BCUT2D eigenvalue weighted by Crippen LogP contribution is 2.01. The van der Waals surface area contributed by atoms with Crippen LogP contribution in [0.4, 0.5) is 0 Å². The van der Waals surface area contributed by atoms with Gasteiger partial charge in [0, 0.05) is 6.92 Å². The highest BCUT2D eigenvalue weighted by Gasteiger charge is 2.11. The predicted molar refractivity (Wildman–Crippen MR) is 77.0 cm³/mol. The molecule has 3 N–H and O–H groups in total. The molecular formula is C15H23NO4. The average molecular weight is 281 g/mol. The first-order valence-electron chi connectivity index (χ1n) is 6.48. The van der Waals surface area contributed by atoms with Crippen LogP contribution in [0.15, 0.2) is 30.3 Å². The molecule has 0 heterocycles. The van der Waals surface area contributed by atoms with E-state index in [2.05, 4.69) is 0 Å². The molecular weight excluding hydrogens is 258 g/mol. The van der Waals surface area contributed by atoms with E-state index < -0.39 is 12.0 Å². The number of aliphatic carboxylic acids is 1. The summed E-state index contributed by atoms with van der Waals surface area (Å²) >= 11 is 0. The topological polar surface area (TPSA) is 89.6 Å².